The number of hydrogen-bond donors (Lipinski definition) is 1. The molecule has 1 saturated carbocycles. The Morgan fingerprint density at radius 2 is 1.81 bits per heavy atom. The number of rotatable bonds is 10. The normalized spacial score (nSPS) is 13.5. The molecule has 0 saturated heterocycles. The van der Waals surface area contributed by atoms with E-state index in [0.717, 1.165) is 12.8 Å². The zero-order valence-electron chi connectivity index (χ0n) is 23.3. The maximum atomic E-state index is 13.5. The van der Waals surface area contributed by atoms with Crippen LogP contribution in [0.25, 0.3) is 22.0 Å². The molecule has 0 bridgehead atoms. The highest BCUT2D eigenvalue weighted by Crippen LogP contribution is 2.36. The summed E-state index contributed by atoms with van der Waals surface area (Å²) in [6.45, 7) is 5.22. The van der Waals surface area contributed by atoms with Crippen LogP contribution in [0.1, 0.15) is 36.3 Å². The number of halogens is 1. The molecule has 4 aromatic rings. The van der Waals surface area contributed by atoms with Crippen LogP contribution in [-0.4, -0.2) is 41.6 Å². The molecule has 42 heavy (non-hydrogen) atoms. The van der Waals surface area contributed by atoms with E-state index in [1.54, 1.807) is 55.4 Å². The lowest BCUT2D eigenvalue weighted by atomic mass is 10.1. The van der Waals surface area contributed by atoms with Crippen molar-refractivity contribution in [2.45, 2.75) is 25.8 Å². The van der Waals surface area contributed by atoms with Crippen LogP contribution in [0.4, 0.5) is 4.39 Å². The van der Waals surface area contributed by atoms with E-state index in [1.165, 1.54) is 37.5 Å². The zero-order valence-corrected chi connectivity index (χ0v) is 23.3. The number of methoxy groups -OCH3 is 2. The highest BCUT2D eigenvalue weighted by molar-refractivity contribution is 5.94. The van der Waals surface area contributed by atoms with E-state index >= 15 is 0 Å². The van der Waals surface area contributed by atoms with E-state index in [2.05, 4.69) is 27.1 Å². The lowest BCUT2D eigenvalue weighted by molar-refractivity contribution is 0.0957. The molecule has 5 rings (SSSR count). The molecule has 214 valence electrons. The average Bonchev–Trinajstić information content (AvgIpc) is 3.85. The molecule has 1 aliphatic carbocycles. The molecule has 0 unspecified atom stereocenters. The van der Waals surface area contributed by atoms with Gasteiger partial charge >= 0.3 is 0 Å². The first-order chi connectivity index (χ1) is 20.3. The van der Waals surface area contributed by atoms with Gasteiger partial charge in [-0.15, -0.1) is 0 Å². The predicted molar refractivity (Wildman–Crippen MR) is 156 cm³/mol. The van der Waals surface area contributed by atoms with Gasteiger partial charge in [0.1, 0.15) is 11.6 Å². The number of nitrogens with one attached hydrogen (secondary N) is 1. The molecule has 1 fully saturated rings. The number of fused-ring (bicyclic) bond motifs is 1. The fourth-order valence-corrected chi connectivity index (χ4v) is 4.26. The third-order valence-electron chi connectivity index (χ3n) is 6.59. The molecule has 0 aliphatic heterocycles. The van der Waals surface area contributed by atoms with Crippen LogP contribution in [0.3, 0.4) is 0 Å². The van der Waals surface area contributed by atoms with Crippen molar-refractivity contribution in [3.05, 3.63) is 100 Å². The Kier molecular flexibility index (Phi) is 8.09. The van der Waals surface area contributed by atoms with Crippen molar-refractivity contribution in [3.8, 4) is 28.4 Å². The molecular formula is C31H28FN5O5. The summed E-state index contributed by atoms with van der Waals surface area (Å²) >= 11 is 0. The van der Waals surface area contributed by atoms with Crippen LogP contribution in [-0.2, 0) is 0 Å². The van der Waals surface area contributed by atoms with Gasteiger partial charge in [-0.05, 0) is 62.4 Å². The number of amides is 1. The standard InChI is InChI=1S/C31H28FN5O5/c1-18(5-12-28(33-2)42-25-13-14-34-24-16-27(41-4)26(40-3)15-22(24)25)35-31(39)29-30(38)23(17-37(36-29)21-10-11-21)19-6-8-20(32)9-7-19/h5-9,12-17,21H,2,10-11H2,1,3-4H3,(H,35,39)/b18-5+,28-12+. The van der Waals surface area contributed by atoms with Crippen molar-refractivity contribution in [2.24, 2.45) is 4.99 Å². The summed E-state index contributed by atoms with van der Waals surface area (Å²) in [6.07, 6.45) is 8.09. The van der Waals surface area contributed by atoms with Crippen molar-refractivity contribution < 1.29 is 23.4 Å². The van der Waals surface area contributed by atoms with Gasteiger partial charge in [0.15, 0.2) is 17.2 Å². The lowest BCUT2D eigenvalue weighted by Crippen LogP contribution is -2.31. The Morgan fingerprint density at radius 1 is 1.10 bits per heavy atom. The topological polar surface area (TPSA) is 117 Å². The van der Waals surface area contributed by atoms with Gasteiger partial charge in [0, 0.05) is 41.2 Å². The largest absolute Gasteiger partial charge is 0.493 e. The average molecular weight is 570 g/mol. The summed E-state index contributed by atoms with van der Waals surface area (Å²) in [5.41, 5.74) is 0.996. The summed E-state index contributed by atoms with van der Waals surface area (Å²) in [5.74, 6) is 0.558. The maximum Gasteiger partial charge on any atom is 0.279 e. The van der Waals surface area contributed by atoms with Crippen LogP contribution in [0.15, 0.2) is 88.4 Å². The summed E-state index contributed by atoms with van der Waals surface area (Å²) in [6, 6.07) is 10.8. The summed E-state index contributed by atoms with van der Waals surface area (Å²) in [4.78, 5) is 34.7. The van der Waals surface area contributed by atoms with Crippen LogP contribution >= 0.6 is 0 Å². The molecule has 1 aliphatic rings. The number of hydrogen-bond acceptors (Lipinski definition) is 8. The SMILES string of the molecule is C=N/C(=C\C=C(/C)NC(=O)c1nn(C2CC2)cc(-c2ccc(F)cc2)c1=O)Oc1ccnc2cc(OC)c(OC)cc12. The molecule has 0 atom stereocenters. The van der Waals surface area contributed by atoms with Gasteiger partial charge in [0.05, 0.1) is 25.8 Å². The number of allylic oxidation sites excluding steroid dienone is 3. The van der Waals surface area contributed by atoms with E-state index < -0.39 is 17.2 Å². The van der Waals surface area contributed by atoms with Crippen molar-refractivity contribution in [2.75, 3.05) is 14.2 Å². The third kappa shape index (κ3) is 6.04. The van der Waals surface area contributed by atoms with Crippen molar-refractivity contribution in [1.29, 1.82) is 0 Å². The summed E-state index contributed by atoms with van der Waals surface area (Å²) in [7, 11) is 3.08. The molecule has 11 heteroatoms. The lowest BCUT2D eigenvalue weighted by Gasteiger charge is -2.12. The molecule has 1 N–H and O–H groups in total. The molecule has 2 heterocycles. The van der Waals surface area contributed by atoms with Crippen LogP contribution in [0.2, 0.25) is 0 Å². The number of aromatic nitrogens is 3. The highest BCUT2D eigenvalue weighted by atomic mass is 19.1. The predicted octanol–water partition coefficient (Wildman–Crippen LogP) is 5.20. The smallest absolute Gasteiger partial charge is 0.279 e. The number of pyridine rings is 1. The Bertz CT molecular complexity index is 1790. The number of carbonyl (C=O) groups excluding carboxylic acids is 1. The fourth-order valence-electron chi connectivity index (χ4n) is 4.26. The first-order valence-electron chi connectivity index (χ1n) is 13.1. The highest BCUT2D eigenvalue weighted by Gasteiger charge is 2.27. The minimum Gasteiger partial charge on any atom is -0.493 e. The van der Waals surface area contributed by atoms with E-state index in [1.807, 2.05) is 0 Å². The Hall–Kier alpha value is -5.32. The van der Waals surface area contributed by atoms with E-state index in [0.29, 0.717) is 39.4 Å². The monoisotopic (exact) mass is 569 g/mol. The van der Waals surface area contributed by atoms with Gasteiger partial charge < -0.3 is 19.5 Å². The second-order valence-electron chi connectivity index (χ2n) is 9.54. The quantitative estimate of drug-likeness (QED) is 0.158. The van der Waals surface area contributed by atoms with Gasteiger partial charge in [-0.1, -0.05) is 12.1 Å². The van der Waals surface area contributed by atoms with Crippen molar-refractivity contribution >= 4 is 23.5 Å². The van der Waals surface area contributed by atoms with Gasteiger partial charge in [-0.3, -0.25) is 19.3 Å². The number of carbonyl (C=O) groups is 1. The fraction of sp³-hybridized carbons (Fsp3) is 0.194. The molecule has 0 spiro atoms. The van der Waals surface area contributed by atoms with Crippen molar-refractivity contribution in [1.82, 2.24) is 20.1 Å². The van der Waals surface area contributed by atoms with Gasteiger partial charge in [-0.25, -0.2) is 9.38 Å². The minimum absolute atomic E-state index is 0.111. The molecule has 0 radical (unpaired) electrons. The van der Waals surface area contributed by atoms with E-state index in [-0.39, 0.29) is 23.2 Å². The number of aliphatic imine (C=N–C) groups is 1. The Labute approximate surface area is 240 Å². The van der Waals surface area contributed by atoms with Crippen molar-refractivity contribution in [3.63, 3.8) is 0 Å². The molecule has 1 amide bonds. The number of nitrogens with zero attached hydrogens (tertiary/aromatic N) is 4. The Morgan fingerprint density at radius 3 is 2.48 bits per heavy atom. The summed E-state index contributed by atoms with van der Waals surface area (Å²) < 4.78 is 31.8. The Balaban J connectivity index is 1.39. The zero-order chi connectivity index (χ0) is 29.8. The second-order valence-corrected chi connectivity index (χ2v) is 9.54. The summed E-state index contributed by atoms with van der Waals surface area (Å²) in [5, 5.41) is 7.67. The number of benzene rings is 2. The first kappa shape index (κ1) is 28.2. The molecule has 2 aromatic carbocycles. The van der Waals surface area contributed by atoms with E-state index in [9.17, 15) is 14.0 Å². The maximum absolute atomic E-state index is 13.5. The third-order valence-corrected chi connectivity index (χ3v) is 6.59. The molecular weight excluding hydrogens is 541 g/mol. The van der Waals surface area contributed by atoms with Crippen LogP contribution in [0.5, 0.6) is 17.2 Å². The van der Waals surface area contributed by atoms with Crippen LogP contribution in [0, 0.1) is 5.82 Å². The molecule has 10 nitrogen and oxygen atoms in total. The van der Waals surface area contributed by atoms with Gasteiger partial charge in [0.2, 0.25) is 11.3 Å². The molecule has 2 aromatic heterocycles. The number of ether oxygens (including phenoxy) is 3. The van der Waals surface area contributed by atoms with Gasteiger partial charge in [0.25, 0.3) is 5.91 Å². The van der Waals surface area contributed by atoms with E-state index in [4.69, 9.17) is 14.2 Å². The minimum atomic E-state index is -0.671. The van der Waals surface area contributed by atoms with Crippen LogP contribution < -0.4 is 25.0 Å². The second kappa shape index (κ2) is 12.0. The first-order valence-corrected chi connectivity index (χ1v) is 13.1. The van der Waals surface area contributed by atoms with Gasteiger partial charge in [-0.2, -0.15) is 5.10 Å².